The summed E-state index contributed by atoms with van der Waals surface area (Å²) in [4.78, 5) is 15.7. The van der Waals surface area contributed by atoms with Gasteiger partial charge in [-0.3, -0.25) is 4.98 Å². The molecular formula is C27H28F3NO4. The molecular weight excluding hydrogens is 459 g/mol. The Morgan fingerprint density at radius 2 is 1.71 bits per heavy atom. The maximum Gasteiger partial charge on any atom is 0.416 e. The zero-order valence-corrected chi connectivity index (χ0v) is 20.0. The number of benzene rings is 2. The van der Waals surface area contributed by atoms with Crippen molar-refractivity contribution in [2.24, 2.45) is 0 Å². The molecule has 0 saturated carbocycles. The summed E-state index contributed by atoms with van der Waals surface area (Å²) in [6, 6.07) is 13.8. The van der Waals surface area contributed by atoms with E-state index in [1.54, 1.807) is 24.3 Å². The minimum Gasteiger partial charge on any atom is -0.486 e. The number of carboxylic acid groups (broad SMARTS) is 1. The highest BCUT2D eigenvalue weighted by Gasteiger charge is 2.30. The third-order valence-electron chi connectivity index (χ3n) is 5.61. The number of carboxylic acids is 1. The van der Waals surface area contributed by atoms with Crippen LogP contribution in [0.3, 0.4) is 0 Å². The van der Waals surface area contributed by atoms with Crippen LogP contribution in [0.15, 0.2) is 54.6 Å². The number of hydrogen-bond donors (Lipinski definition) is 1. The quantitative estimate of drug-likeness (QED) is 0.347. The molecule has 186 valence electrons. The molecule has 2 atom stereocenters. The fourth-order valence-corrected chi connectivity index (χ4v) is 3.68. The molecule has 0 amide bonds. The maximum atomic E-state index is 12.9. The Balaban J connectivity index is 1.81. The summed E-state index contributed by atoms with van der Waals surface area (Å²) in [7, 11) is 0. The molecule has 3 rings (SSSR count). The Morgan fingerprint density at radius 3 is 2.26 bits per heavy atom. The molecule has 0 aliphatic heterocycles. The van der Waals surface area contributed by atoms with Gasteiger partial charge in [0.15, 0.2) is 6.10 Å². The molecule has 0 aliphatic rings. The van der Waals surface area contributed by atoms with Gasteiger partial charge in [0.1, 0.15) is 17.6 Å². The van der Waals surface area contributed by atoms with Crippen LogP contribution in [0.25, 0.3) is 11.3 Å². The maximum absolute atomic E-state index is 12.9. The molecule has 1 heterocycles. The lowest BCUT2D eigenvalue weighted by Crippen LogP contribution is -2.23. The number of carbonyl (C=O) groups is 1. The number of rotatable bonds is 9. The van der Waals surface area contributed by atoms with Gasteiger partial charge in [-0.1, -0.05) is 31.5 Å². The zero-order valence-electron chi connectivity index (χ0n) is 20.0. The van der Waals surface area contributed by atoms with Crippen LogP contribution in [0.5, 0.6) is 11.5 Å². The lowest BCUT2D eigenvalue weighted by Gasteiger charge is -2.22. The monoisotopic (exact) mass is 487 g/mol. The van der Waals surface area contributed by atoms with E-state index in [1.165, 1.54) is 19.1 Å². The second kappa shape index (κ2) is 10.8. The molecule has 2 unspecified atom stereocenters. The van der Waals surface area contributed by atoms with Crippen LogP contribution in [0, 0.1) is 13.8 Å². The van der Waals surface area contributed by atoms with Gasteiger partial charge in [0.05, 0.1) is 11.3 Å². The molecule has 0 spiro atoms. The van der Waals surface area contributed by atoms with E-state index in [1.807, 2.05) is 26.8 Å². The average Bonchev–Trinajstić information content (AvgIpc) is 2.80. The van der Waals surface area contributed by atoms with Crippen molar-refractivity contribution in [3.63, 3.8) is 0 Å². The van der Waals surface area contributed by atoms with Crippen molar-refractivity contribution in [1.82, 2.24) is 4.98 Å². The Hall–Kier alpha value is -3.55. The van der Waals surface area contributed by atoms with Crippen molar-refractivity contribution < 1.29 is 32.5 Å². The smallest absolute Gasteiger partial charge is 0.416 e. The highest BCUT2D eigenvalue weighted by molar-refractivity contribution is 5.72. The minimum atomic E-state index is -4.38. The Bertz CT molecular complexity index is 1180. The van der Waals surface area contributed by atoms with E-state index in [0.29, 0.717) is 22.8 Å². The fraction of sp³-hybridized carbons (Fsp3) is 0.333. The van der Waals surface area contributed by atoms with Crippen LogP contribution in [-0.2, 0) is 11.0 Å². The first-order valence-electron chi connectivity index (χ1n) is 11.3. The third-order valence-corrected chi connectivity index (χ3v) is 5.61. The van der Waals surface area contributed by atoms with Gasteiger partial charge in [0.25, 0.3) is 0 Å². The first-order chi connectivity index (χ1) is 16.5. The molecule has 1 aromatic heterocycles. The van der Waals surface area contributed by atoms with Crippen molar-refractivity contribution in [3.8, 4) is 22.8 Å². The molecule has 0 fully saturated rings. The lowest BCUT2D eigenvalue weighted by atomic mass is 10.0. The van der Waals surface area contributed by atoms with Gasteiger partial charge in [-0.05, 0) is 69.2 Å². The molecule has 0 bridgehead atoms. The molecule has 0 radical (unpaired) electrons. The summed E-state index contributed by atoms with van der Waals surface area (Å²) in [6.07, 6.45) is -4.03. The molecule has 5 nitrogen and oxygen atoms in total. The molecule has 0 saturated heterocycles. The minimum absolute atomic E-state index is 0.279. The SMILES string of the molecule is CCCC(Oc1ccc(OC(C)C(=O)O)c(C)c1)c1ccc(-c2ccc(C(F)(F)F)cc2)nc1C. The average molecular weight is 488 g/mol. The predicted molar refractivity (Wildman–Crippen MR) is 127 cm³/mol. The van der Waals surface area contributed by atoms with Crippen molar-refractivity contribution in [1.29, 1.82) is 0 Å². The highest BCUT2D eigenvalue weighted by Crippen LogP contribution is 2.33. The summed E-state index contributed by atoms with van der Waals surface area (Å²) >= 11 is 0. The second-order valence-corrected chi connectivity index (χ2v) is 8.37. The molecule has 0 aliphatic carbocycles. The van der Waals surface area contributed by atoms with Crippen LogP contribution < -0.4 is 9.47 Å². The van der Waals surface area contributed by atoms with Gasteiger partial charge in [-0.15, -0.1) is 0 Å². The van der Waals surface area contributed by atoms with Gasteiger partial charge in [0.2, 0.25) is 0 Å². The van der Waals surface area contributed by atoms with Gasteiger partial charge >= 0.3 is 12.1 Å². The summed E-state index contributed by atoms with van der Waals surface area (Å²) in [5, 5.41) is 9.05. The molecule has 2 aromatic carbocycles. The van der Waals surface area contributed by atoms with Gasteiger partial charge in [-0.25, -0.2) is 4.79 Å². The van der Waals surface area contributed by atoms with Crippen LogP contribution in [0.1, 0.15) is 55.2 Å². The first-order valence-corrected chi connectivity index (χ1v) is 11.3. The van der Waals surface area contributed by atoms with Gasteiger partial charge in [0, 0.05) is 16.8 Å². The fourth-order valence-electron chi connectivity index (χ4n) is 3.68. The van der Waals surface area contributed by atoms with E-state index < -0.39 is 23.8 Å². The van der Waals surface area contributed by atoms with E-state index >= 15 is 0 Å². The molecule has 35 heavy (non-hydrogen) atoms. The number of aryl methyl sites for hydroxylation is 2. The van der Waals surface area contributed by atoms with Gasteiger partial charge < -0.3 is 14.6 Å². The number of alkyl halides is 3. The summed E-state index contributed by atoms with van der Waals surface area (Å²) in [6.45, 7) is 7.18. The number of ether oxygens (including phenoxy) is 2. The largest absolute Gasteiger partial charge is 0.486 e. The topological polar surface area (TPSA) is 68.7 Å². The Kier molecular flexibility index (Phi) is 8.04. The van der Waals surface area contributed by atoms with Crippen LogP contribution in [0.4, 0.5) is 13.2 Å². The standard InChI is InChI=1S/C27H28F3NO4/c1-5-6-25(35-21-11-14-24(16(2)15-21)34-18(4)26(32)33)22-12-13-23(31-17(22)3)19-7-9-20(10-8-19)27(28,29)30/h7-15,18,25H,5-6H2,1-4H3,(H,32,33). The number of pyridine rings is 1. The first kappa shape index (κ1) is 26.1. The van der Waals surface area contributed by atoms with Crippen LogP contribution in [-0.4, -0.2) is 22.2 Å². The summed E-state index contributed by atoms with van der Waals surface area (Å²) in [5.74, 6) is 0.0379. The second-order valence-electron chi connectivity index (χ2n) is 8.37. The molecule has 8 heteroatoms. The Morgan fingerprint density at radius 1 is 1.03 bits per heavy atom. The number of aliphatic carboxylic acids is 1. The number of hydrogen-bond acceptors (Lipinski definition) is 4. The molecule has 3 aromatic rings. The van der Waals surface area contributed by atoms with E-state index in [0.717, 1.165) is 41.8 Å². The summed E-state index contributed by atoms with van der Waals surface area (Å²) < 4.78 is 50.3. The zero-order chi connectivity index (χ0) is 25.8. The molecule has 1 N–H and O–H groups in total. The van der Waals surface area contributed by atoms with Crippen LogP contribution >= 0.6 is 0 Å². The van der Waals surface area contributed by atoms with E-state index in [9.17, 15) is 18.0 Å². The van der Waals surface area contributed by atoms with E-state index in [2.05, 4.69) is 4.98 Å². The van der Waals surface area contributed by atoms with E-state index in [-0.39, 0.29) is 6.10 Å². The van der Waals surface area contributed by atoms with Crippen LogP contribution in [0.2, 0.25) is 0 Å². The van der Waals surface area contributed by atoms with Gasteiger partial charge in [-0.2, -0.15) is 13.2 Å². The van der Waals surface area contributed by atoms with Crippen molar-refractivity contribution in [3.05, 3.63) is 77.0 Å². The number of halogens is 3. The number of aromatic nitrogens is 1. The Labute approximate surface area is 202 Å². The normalized spacial score (nSPS) is 13.2. The predicted octanol–water partition coefficient (Wildman–Crippen LogP) is 7.16. The third kappa shape index (κ3) is 6.53. The summed E-state index contributed by atoms with van der Waals surface area (Å²) in [5.41, 5.74) is 2.85. The number of nitrogens with zero attached hydrogens (tertiary/aromatic N) is 1. The highest BCUT2D eigenvalue weighted by atomic mass is 19.4. The van der Waals surface area contributed by atoms with E-state index in [4.69, 9.17) is 14.6 Å². The van der Waals surface area contributed by atoms with Crippen molar-refractivity contribution >= 4 is 5.97 Å². The van der Waals surface area contributed by atoms with Crippen molar-refractivity contribution in [2.45, 2.75) is 58.9 Å². The lowest BCUT2D eigenvalue weighted by molar-refractivity contribution is -0.144. The van der Waals surface area contributed by atoms with Crippen molar-refractivity contribution in [2.75, 3.05) is 0 Å².